The average Bonchev–Trinajstić information content (AvgIpc) is 3.85. The minimum atomic E-state index is -1.39. The van der Waals surface area contributed by atoms with Crippen molar-refractivity contribution in [3.8, 4) is 22.6 Å². The van der Waals surface area contributed by atoms with Crippen molar-refractivity contribution in [3.05, 3.63) is 167 Å². The van der Waals surface area contributed by atoms with Gasteiger partial charge in [0.05, 0.1) is 26.9 Å². The number of benzene rings is 5. The minimum Gasteiger partial charge on any atom is -0.497 e. The molecular weight excluding hydrogens is 801 g/mol. The van der Waals surface area contributed by atoms with E-state index in [4.69, 9.17) is 23.7 Å². The van der Waals surface area contributed by atoms with Crippen LogP contribution in [0.15, 0.2) is 145 Å². The second kappa shape index (κ2) is 19.3. The van der Waals surface area contributed by atoms with Gasteiger partial charge in [-0.1, -0.05) is 103 Å². The lowest BCUT2D eigenvalue weighted by molar-refractivity contribution is -0.129. The lowest BCUT2D eigenvalue weighted by Gasteiger charge is -2.37. The Morgan fingerprint density at radius 3 is 1.95 bits per heavy atom. The summed E-state index contributed by atoms with van der Waals surface area (Å²) in [5, 5.41) is 25.1. The van der Waals surface area contributed by atoms with E-state index in [1.54, 1.807) is 33.5 Å². The zero-order chi connectivity index (χ0) is 43.9. The van der Waals surface area contributed by atoms with Crippen LogP contribution in [0.3, 0.4) is 0 Å². The van der Waals surface area contributed by atoms with Gasteiger partial charge in [0.1, 0.15) is 41.9 Å². The molecule has 2 aliphatic heterocycles. The summed E-state index contributed by atoms with van der Waals surface area (Å²) in [5.41, 5.74) is 6.02. The van der Waals surface area contributed by atoms with Crippen LogP contribution in [0.2, 0.25) is 0 Å². The summed E-state index contributed by atoms with van der Waals surface area (Å²) in [4.78, 5) is 33.1. The molecule has 0 aromatic heterocycles. The number of aliphatic hydroxyl groups excluding tert-OH is 2. The van der Waals surface area contributed by atoms with Crippen LogP contribution in [0.1, 0.15) is 53.0 Å². The molecule has 8 rings (SSSR count). The summed E-state index contributed by atoms with van der Waals surface area (Å²) in [7, 11) is 4.88. The quantitative estimate of drug-likeness (QED) is 0.0964. The van der Waals surface area contributed by atoms with Crippen molar-refractivity contribution in [1.29, 1.82) is 0 Å². The summed E-state index contributed by atoms with van der Waals surface area (Å²) >= 11 is 0. The van der Waals surface area contributed by atoms with Gasteiger partial charge in [0.2, 0.25) is 12.3 Å². The first-order valence-electron chi connectivity index (χ1n) is 21.1. The SMILES string of the molecule is COc1ccc(C(OC[C@H]2O[C@@H](N3C=CC(NC(=O)CCCN(C)C(=O)OCC4c5ccccc5-c5ccccc54)=NC3O)CC2O)(c2ccccc2)c2ccc(OC)cc2)cc1. The Kier molecular flexibility index (Phi) is 13.2. The maximum Gasteiger partial charge on any atom is 0.409 e. The summed E-state index contributed by atoms with van der Waals surface area (Å²) < 4.78 is 30.0. The van der Waals surface area contributed by atoms with E-state index in [-0.39, 0.29) is 43.7 Å². The molecule has 0 spiro atoms. The molecule has 1 saturated heterocycles. The number of carbonyl (C=O) groups is 2. The first-order valence-corrected chi connectivity index (χ1v) is 21.1. The van der Waals surface area contributed by atoms with Crippen molar-refractivity contribution < 1.29 is 43.5 Å². The van der Waals surface area contributed by atoms with E-state index in [1.165, 1.54) is 9.80 Å². The maximum absolute atomic E-state index is 12.9. The highest BCUT2D eigenvalue weighted by Gasteiger charge is 2.43. The molecule has 4 atom stereocenters. The van der Waals surface area contributed by atoms with E-state index < -0.39 is 36.5 Å². The molecule has 13 nitrogen and oxygen atoms in total. The number of hydrogen-bond acceptors (Lipinski definition) is 11. The van der Waals surface area contributed by atoms with E-state index in [0.29, 0.717) is 24.5 Å². The van der Waals surface area contributed by atoms with Crippen molar-refractivity contribution in [2.75, 3.05) is 41.0 Å². The standard InChI is InChI=1S/C50H52N4O9/c1-53(49(58)61-31-42-40-16-9-7-14-38(40)39-15-8-10-17-41(39)42)28-11-18-46(56)51-45-27-29-54(48(57)52-45)47-30-43(55)44(63-47)32-62-50(33-12-5-4-6-13-33,34-19-23-36(59-2)24-20-34)35-21-25-37(60-3)26-22-35/h4-10,12-17,19-27,29,42-44,47-48,55,57H,11,18,28,30-32H2,1-3H3,(H,51,52,56)/t43?,44-,47-,48?/m1/s1. The van der Waals surface area contributed by atoms with Gasteiger partial charge in [-0.15, -0.1) is 0 Å². The molecule has 2 amide bonds. The molecule has 2 unspecified atom stereocenters. The average molecular weight is 853 g/mol. The molecule has 5 aromatic rings. The van der Waals surface area contributed by atoms with Crippen molar-refractivity contribution in [2.24, 2.45) is 4.99 Å². The second-order valence-electron chi connectivity index (χ2n) is 15.7. The Hall–Kier alpha value is -6.51. The van der Waals surface area contributed by atoms with Gasteiger partial charge in [-0.3, -0.25) is 4.79 Å². The summed E-state index contributed by atoms with van der Waals surface area (Å²) in [6.07, 6.45) is -0.429. The van der Waals surface area contributed by atoms with Gasteiger partial charge in [0.25, 0.3) is 0 Å². The van der Waals surface area contributed by atoms with E-state index in [2.05, 4.69) is 34.6 Å². The van der Waals surface area contributed by atoms with Crippen molar-refractivity contribution in [2.45, 2.75) is 55.6 Å². The molecule has 3 aliphatic rings. The van der Waals surface area contributed by atoms with Gasteiger partial charge >= 0.3 is 6.09 Å². The predicted octanol–water partition coefficient (Wildman–Crippen LogP) is 6.77. The first kappa shape index (κ1) is 43.2. The summed E-state index contributed by atoms with van der Waals surface area (Å²) in [6, 6.07) is 41.5. The smallest absolute Gasteiger partial charge is 0.409 e. The molecule has 326 valence electrons. The van der Waals surface area contributed by atoms with Gasteiger partial charge in [-0.05, 0) is 75.7 Å². The highest BCUT2D eigenvalue weighted by atomic mass is 16.6. The van der Waals surface area contributed by atoms with Crippen LogP contribution in [-0.4, -0.2) is 104 Å². The number of ether oxygens (including phenoxy) is 5. The van der Waals surface area contributed by atoms with Gasteiger partial charge < -0.3 is 49.0 Å². The van der Waals surface area contributed by atoms with Crippen LogP contribution in [-0.2, 0) is 24.6 Å². The van der Waals surface area contributed by atoms with Crippen molar-refractivity contribution in [3.63, 3.8) is 0 Å². The van der Waals surface area contributed by atoms with Gasteiger partial charge in [-0.2, -0.15) is 0 Å². The lowest BCUT2D eigenvalue weighted by atomic mass is 9.80. The molecule has 2 heterocycles. The van der Waals surface area contributed by atoms with Crippen LogP contribution in [0.25, 0.3) is 11.1 Å². The Labute approximate surface area is 367 Å². The highest BCUT2D eigenvalue weighted by molar-refractivity contribution is 6.04. The lowest BCUT2D eigenvalue weighted by Crippen LogP contribution is -2.43. The highest BCUT2D eigenvalue weighted by Crippen LogP contribution is 2.45. The predicted molar refractivity (Wildman–Crippen MR) is 237 cm³/mol. The maximum atomic E-state index is 12.9. The topological polar surface area (TPSA) is 152 Å². The van der Waals surface area contributed by atoms with Crippen LogP contribution >= 0.6 is 0 Å². The van der Waals surface area contributed by atoms with Crippen LogP contribution in [0.4, 0.5) is 4.79 Å². The normalized spacial score (nSPS) is 19.2. The fourth-order valence-corrected chi connectivity index (χ4v) is 8.59. The second-order valence-corrected chi connectivity index (χ2v) is 15.7. The van der Waals surface area contributed by atoms with E-state index in [1.807, 2.05) is 103 Å². The van der Waals surface area contributed by atoms with Crippen LogP contribution in [0.5, 0.6) is 11.5 Å². The number of nitrogens with zero attached hydrogens (tertiary/aromatic N) is 3. The zero-order valence-electron chi connectivity index (χ0n) is 35.5. The number of aliphatic hydroxyl groups is 2. The third-order valence-electron chi connectivity index (χ3n) is 11.9. The first-order chi connectivity index (χ1) is 30.7. The van der Waals surface area contributed by atoms with Crippen LogP contribution < -0.4 is 14.8 Å². The van der Waals surface area contributed by atoms with Crippen LogP contribution in [0, 0.1) is 0 Å². The number of aliphatic imine (C=N–C) groups is 1. The monoisotopic (exact) mass is 852 g/mol. The fourth-order valence-electron chi connectivity index (χ4n) is 8.59. The molecule has 1 fully saturated rings. The largest absolute Gasteiger partial charge is 0.497 e. The summed E-state index contributed by atoms with van der Waals surface area (Å²) in [5.74, 6) is 1.21. The Morgan fingerprint density at radius 1 is 0.794 bits per heavy atom. The zero-order valence-corrected chi connectivity index (χ0v) is 35.5. The van der Waals surface area contributed by atoms with E-state index in [0.717, 1.165) is 38.9 Å². The van der Waals surface area contributed by atoms with E-state index >= 15 is 0 Å². The molecule has 0 bridgehead atoms. The number of rotatable bonds is 15. The number of methoxy groups -OCH3 is 2. The molecular formula is C50H52N4O9. The fraction of sp³-hybridized carbons (Fsp3) is 0.300. The number of carbonyl (C=O) groups excluding carboxylic acids is 2. The number of nitrogens with one attached hydrogen (secondary N) is 1. The molecule has 13 heteroatoms. The Morgan fingerprint density at radius 2 is 1.37 bits per heavy atom. The van der Waals surface area contributed by atoms with Gasteiger partial charge in [0, 0.05) is 38.6 Å². The third kappa shape index (κ3) is 9.18. The molecule has 1 aliphatic carbocycles. The summed E-state index contributed by atoms with van der Waals surface area (Å²) in [6.45, 7) is 0.521. The number of fused-ring (bicyclic) bond motifs is 3. The number of amidine groups is 1. The molecule has 3 N–H and O–H groups in total. The molecule has 0 saturated carbocycles. The minimum absolute atomic E-state index is 0.000666. The van der Waals surface area contributed by atoms with Gasteiger partial charge in [-0.25, -0.2) is 9.79 Å². The molecule has 5 aromatic carbocycles. The molecule has 63 heavy (non-hydrogen) atoms. The van der Waals surface area contributed by atoms with Crippen molar-refractivity contribution >= 4 is 17.8 Å². The van der Waals surface area contributed by atoms with Gasteiger partial charge in [0.15, 0.2) is 0 Å². The number of amides is 2. The molecule has 0 radical (unpaired) electrons. The Bertz CT molecular complexity index is 2330. The van der Waals surface area contributed by atoms with Crippen molar-refractivity contribution in [1.82, 2.24) is 15.1 Å². The van der Waals surface area contributed by atoms with E-state index in [9.17, 15) is 19.8 Å². The third-order valence-corrected chi connectivity index (χ3v) is 11.9. The number of hydrogen-bond donors (Lipinski definition) is 3. The Balaban J connectivity index is 0.843.